The molecule has 8 heteroatoms. The molecule has 0 saturated carbocycles. The van der Waals surface area contributed by atoms with E-state index in [9.17, 15) is 5.11 Å². The fourth-order valence-corrected chi connectivity index (χ4v) is 9.34. The molecule has 0 spiro atoms. The van der Waals surface area contributed by atoms with Crippen molar-refractivity contribution in [1.82, 2.24) is 14.5 Å². The summed E-state index contributed by atoms with van der Waals surface area (Å²) in [7, 11) is -1.70. The van der Waals surface area contributed by atoms with Gasteiger partial charge in [-0.2, -0.15) is 0 Å². The standard InChI is InChI=1S/C50H56N3O3Si.Pt/c1-28(2)43-34(50(9,10)11)26-35(29-22-41-45-42(23-29)56-40-17-15-16-39(55-41)44(40)45)51-46(43)36-27-53(37-21-18-30(48(3,4)5)24-33(37)49(6,7)8)47(52-36)32-20-19-31(25-38(32)54)57(12,13)14;/h15-22,24-28,54H,1-14H3;/q-1;. The Bertz CT molecular complexity index is 2770. The fourth-order valence-electron chi connectivity index (χ4n) is 8.19. The smallest absolute Gasteiger partial charge is 0.149 e. The van der Waals surface area contributed by atoms with Crippen molar-refractivity contribution in [2.75, 3.05) is 0 Å². The van der Waals surface area contributed by atoms with Crippen LogP contribution in [0.15, 0.2) is 81.8 Å². The van der Waals surface area contributed by atoms with Crippen molar-refractivity contribution >= 4 is 46.4 Å². The molecule has 0 radical (unpaired) electrons. The van der Waals surface area contributed by atoms with Crippen LogP contribution in [0, 0.1) is 6.07 Å². The number of aromatic hydroxyl groups is 1. The maximum atomic E-state index is 11.8. The summed E-state index contributed by atoms with van der Waals surface area (Å²) in [6.07, 6.45) is 2.13. The topological polar surface area (TPSA) is 77.2 Å². The van der Waals surface area contributed by atoms with Crippen LogP contribution in [0.4, 0.5) is 0 Å². The molecule has 0 unspecified atom stereocenters. The predicted molar refractivity (Wildman–Crippen MR) is 240 cm³/mol. The molecule has 0 atom stereocenters. The van der Waals surface area contributed by atoms with Gasteiger partial charge in [0, 0.05) is 32.6 Å². The molecular formula is C50H56N3O3PtSi-. The molecule has 0 aliphatic carbocycles. The molecule has 0 aliphatic heterocycles. The number of rotatable bonds is 6. The summed E-state index contributed by atoms with van der Waals surface area (Å²) in [5.74, 6) is 1.04. The van der Waals surface area contributed by atoms with Crippen molar-refractivity contribution < 1.29 is 35.0 Å². The molecule has 4 aromatic heterocycles. The molecule has 58 heavy (non-hydrogen) atoms. The number of furan rings is 2. The summed E-state index contributed by atoms with van der Waals surface area (Å²) in [5.41, 5.74) is 12.2. The zero-order valence-electron chi connectivity index (χ0n) is 36.4. The third-order valence-corrected chi connectivity index (χ3v) is 13.4. The molecule has 0 fully saturated rings. The number of phenols is 1. The molecule has 1 N–H and O–H groups in total. The second-order valence-electron chi connectivity index (χ2n) is 20.3. The number of hydrogen-bond acceptors (Lipinski definition) is 5. The van der Waals surface area contributed by atoms with E-state index in [0.717, 1.165) is 61.4 Å². The van der Waals surface area contributed by atoms with E-state index < -0.39 is 8.07 Å². The first kappa shape index (κ1) is 41.7. The van der Waals surface area contributed by atoms with Crippen molar-refractivity contribution in [2.45, 2.75) is 118 Å². The summed E-state index contributed by atoms with van der Waals surface area (Å²) < 4.78 is 14.9. The summed E-state index contributed by atoms with van der Waals surface area (Å²) in [4.78, 5) is 11.0. The summed E-state index contributed by atoms with van der Waals surface area (Å²) in [5, 5.41) is 15.0. The van der Waals surface area contributed by atoms with Crippen LogP contribution in [-0.2, 0) is 37.3 Å². The molecule has 0 aliphatic rings. The largest absolute Gasteiger partial charge is 0.507 e. The molecule has 8 rings (SSSR count). The van der Waals surface area contributed by atoms with E-state index in [1.54, 1.807) is 0 Å². The van der Waals surface area contributed by atoms with E-state index >= 15 is 0 Å². The zero-order chi connectivity index (χ0) is 41.1. The van der Waals surface area contributed by atoms with Crippen molar-refractivity contribution in [1.29, 1.82) is 0 Å². The van der Waals surface area contributed by atoms with E-state index in [1.807, 2.05) is 36.4 Å². The zero-order valence-corrected chi connectivity index (χ0v) is 39.7. The van der Waals surface area contributed by atoms with Gasteiger partial charge in [0.1, 0.15) is 28.4 Å². The van der Waals surface area contributed by atoms with Crippen molar-refractivity contribution in [3.63, 3.8) is 0 Å². The molecule has 304 valence electrons. The average molecular weight is 970 g/mol. The van der Waals surface area contributed by atoms with Crippen LogP contribution < -0.4 is 5.19 Å². The number of aromatic nitrogens is 3. The van der Waals surface area contributed by atoms with Gasteiger partial charge in [-0.1, -0.05) is 143 Å². The van der Waals surface area contributed by atoms with Crippen LogP contribution in [-0.4, -0.2) is 27.7 Å². The van der Waals surface area contributed by atoms with Crippen LogP contribution in [0.2, 0.25) is 19.6 Å². The molecule has 0 saturated heterocycles. The van der Waals surface area contributed by atoms with E-state index in [4.69, 9.17) is 18.8 Å². The van der Waals surface area contributed by atoms with Gasteiger partial charge in [0.2, 0.25) is 0 Å². The Balaban J connectivity index is 0.00000512. The van der Waals surface area contributed by atoms with Crippen LogP contribution in [0.25, 0.3) is 72.8 Å². The van der Waals surface area contributed by atoms with Gasteiger partial charge in [-0.25, -0.2) is 4.98 Å². The van der Waals surface area contributed by atoms with Crippen molar-refractivity contribution in [3.05, 3.63) is 101 Å². The van der Waals surface area contributed by atoms with Crippen LogP contribution in [0.3, 0.4) is 0 Å². The van der Waals surface area contributed by atoms with Gasteiger partial charge >= 0.3 is 0 Å². The first-order valence-corrected chi connectivity index (χ1v) is 23.7. The van der Waals surface area contributed by atoms with E-state index in [1.165, 1.54) is 21.9 Å². The van der Waals surface area contributed by atoms with Crippen molar-refractivity contribution in [2.24, 2.45) is 0 Å². The van der Waals surface area contributed by atoms with Gasteiger partial charge in [-0.15, -0.1) is 5.56 Å². The molecule has 4 aromatic carbocycles. The SMILES string of the molecule is CC(C)c1c(C(C)(C)C)cc(-c2[c-]c3oc4cccc5oc(c2)c3c45)nc1-c1cn(-c2ccc(C(C)(C)C)cc2C(C)(C)C)c(-c2ccc([Si](C)(C)C)cc2O)n1.[Pt]. The maximum absolute atomic E-state index is 11.8. The molecule has 0 amide bonds. The number of pyridine rings is 1. The second kappa shape index (κ2) is 14.1. The Labute approximate surface area is 358 Å². The minimum atomic E-state index is -1.70. The van der Waals surface area contributed by atoms with Crippen LogP contribution in [0.1, 0.15) is 104 Å². The first-order valence-electron chi connectivity index (χ1n) is 20.2. The minimum absolute atomic E-state index is 0. The molecule has 0 bridgehead atoms. The van der Waals surface area contributed by atoms with Gasteiger partial charge in [0.05, 0.1) is 36.2 Å². The Morgan fingerprint density at radius 2 is 1.38 bits per heavy atom. The predicted octanol–water partition coefficient (Wildman–Crippen LogP) is 13.4. The molecule has 8 aromatic rings. The Morgan fingerprint density at radius 1 is 0.707 bits per heavy atom. The Hall–Kier alpha value is -4.45. The number of benzene rings is 4. The number of hydrogen-bond donors (Lipinski definition) is 1. The van der Waals surface area contributed by atoms with E-state index in [2.05, 4.69) is 143 Å². The molecule has 6 nitrogen and oxygen atoms in total. The van der Waals surface area contributed by atoms with Crippen molar-refractivity contribution in [3.8, 4) is 45.5 Å². The summed E-state index contributed by atoms with van der Waals surface area (Å²) >= 11 is 0. The maximum Gasteiger partial charge on any atom is 0.149 e. The van der Waals surface area contributed by atoms with Gasteiger partial charge in [0.15, 0.2) is 0 Å². The Kier molecular flexibility index (Phi) is 10.1. The van der Waals surface area contributed by atoms with E-state index in [0.29, 0.717) is 17.0 Å². The van der Waals surface area contributed by atoms with Gasteiger partial charge in [0.25, 0.3) is 0 Å². The molecular weight excluding hydrogens is 914 g/mol. The van der Waals surface area contributed by atoms with Crippen LogP contribution in [0.5, 0.6) is 5.75 Å². The number of nitrogens with zero attached hydrogens (tertiary/aromatic N) is 3. The average Bonchev–Trinajstić information content (AvgIpc) is 3.83. The number of imidazole rings is 1. The van der Waals surface area contributed by atoms with Gasteiger partial charge in [-0.05, 0) is 85.8 Å². The quantitative estimate of drug-likeness (QED) is 0.133. The van der Waals surface area contributed by atoms with Gasteiger partial charge in [-0.3, -0.25) is 9.55 Å². The normalized spacial score (nSPS) is 13.1. The fraction of sp³-hybridized carbons (Fsp3) is 0.360. The molecule has 4 heterocycles. The second-order valence-corrected chi connectivity index (χ2v) is 25.4. The first-order chi connectivity index (χ1) is 26.5. The van der Waals surface area contributed by atoms with Crippen LogP contribution >= 0.6 is 0 Å². The summed E-state index contributed by atoms with van der Waals surface area (Å²) in [6.45, 7) is 31.7. The third-order valence-electron chi connectivity index (χ3n) is 11.4. The van der Waals surface area contributed by atoms with Gasteiger partial charge < -0.3 is 13.9 Å². The monoisotopic (exact) mass is 969 g/mol. The minimum Gasteiger partial charge on any atom is -0.507 e. The summed E-state index contributed by atoms with van der Waals surface area (Å²) in [6, 6.07) is 26.7. The van der Waals surface area contributed by atoms with E-state index in [-0.39, 0.29) is 49.0 Å². The Morgan fingerprint density at radius 3 is 1.98 bits per heavy atom. The third kappa shape index (κ3) is 7.17. The number of phenolic OH excluding ortho intramolecular Hbond substituents is 1.